The van der Waals surface area contributed by atoms with Crippen LogP contribution in [0.2, 0.25) is 0 Å². The van der Waals surface area contributed by atoms with Crippen LogP contribution in [0.25, 0.3) is 0 Å². The molecule has 0 spiro atoms. The lowest BCUT2D eigenvalue weighted by molar-refractivity contribution is -0.143. The Morgan fingerprint density at radius 2 is 1.77 bits per heavy atom. The van der Waals surface area contributed by atoms with Gasteiger partial charge in [-0.25, -0.2) is 14.4 Å². The molecule has 0 aromatic heterocycles. The van der Waals surface area contributed by atoms with Gasteiger partial charge in [0.05, 0.1) is 17.7 Å². The fraction of sp³-hybridized carbons (Fsp3) is 0.346. The van der Waals surface area contributed by atoms with Crippen molar-refractivity contribution in [2.75, 3.05) is 17.2 Å². The Morgan fingerprint density at radius 3 is 2.40 bits per heavy atom. The second kappa shape index (κ2) is 11.9. The monoisotopic (exact) mass is 542 g/mol. The predicted octanol–water partition coefficient (Wildman–Crippen LogP) is 6.19. The molecule has 3 N–H and O–H groups in total. The van der Waals surface area contributed by atoms with Gasteiger partial charge in [0.1, 0.15) is 0 Å². The first-order chi connectivity index (χ1) is 16.7. The molecule has 9 heteroatoms. The number of allylic oxidation sites excluding steroid dienone is 1. The number of anilines is 2. The highest BCUT2D eigenvalue weighted by Gasteiger charge is 2.36. The van der Waals surface area contributed by atoms with Crippen LogP contribution in [0, 0.1) is 0 Å². The average molecular weight is 543 g/mol. The summed E-state index contributed by atoms with van der Waals surface area (Å²) in [5, 5.41) is 8.53. The first-order valence-electron chi connectivity index (χ1n) is 11.6. The van der Waals surface area contributed by atoms with Gasteiger partial charge in [0.15, 0.2) is 0 Å². The molecule has 0 bridgehead atoms. The second-order valence-corrected chi connectivity index (χ2v) is 9.47. The van der Waals surface area contributed by atoms with E-state index in [1.54, 1.807) is 62.1 Å². The van der Waals surface area contributed by atoms with E-state index >= 15 is 0 Å². The van der Waals surface area contributed by atoms with E-state index in [-0.39, 0.29) is 12.1 Å². The normalized spacial score (nSPS) is 15.7. The van der Waals surface area contributed by atoms with E-state index in [1.165, 1.54) is 0 Å². The summed E-state index contributed by atoms with van der Waals surface area (Å²) >= 11 is 3.38. The van der Waals surface area contributed by atoms with Crippen molar-refractivity contribution in [3.05, 3.63) is 69.8 Å². The van der Waals surface area contributed by atoms with Gasteiger partial charge in [-0.1, -0.05) is 47.5 Å². The van der Waals surface area contributed by atoms with Gasteiger partial charge in [0.2, 0.25) is 0 Å². The third kappa shape index (κ3) is 6.85. The zero-order chi connectivity index (χ0) is 25.5. The van der Waals surface area contributed by atoms with Crippen molar-refractivity contribution in [3.8, 4) is 0 Å². The van der Waals surface area contributed by atoms with E-state index in [4.69, 9.17) is 4.74 Å². The van der Waals surface area contributed by atoms with Crippen molar-refractivity contribution in [2.24, 2.45) is 0 Å². The number of benzene rings is 2. The van der Waals surface area contributed by atoms with Gasteiger partial charge in [-0.05, 0) is 63.1 Å². The molecule has 8 nitrogen and oxygen atoms in total. The van der Waals surface area contributed by atoms with Crippen LogP contribution >= 0.6 is 15.9 Å². The largest absolute Gasteiger partial charge is 0.459 e. The number of unbranched alkanes of at least 4 members (excludes halogenated alkanes) is 1. The van der Waals surface area contributed by atoms with Crippen LogP contribution in [0.4, 0.5) is 21.0 Å². The number of ether oxygens (including phenoxy) is 1. The lowest BCUT2D eigenvalue weighted by Gasteiger charge is -2.35. The molecular weight excluding hydrogens is 512 g/mol. The number of urea groups is 2. The number of nitrogens with one attached hydrogen (secondary N) is 3. The topological polar surface area (TPSA) is 99.8 Å². The maximum Gasteiger partial charge on any atom is 0.338 e. The Bertz CT molecular complexity index is 1130. The zero-order valence-electron chi connectivity index (χ0n) is 20.4. The van der Waals surface area contributed by atoms with E-state index in [2.05, 4.69) is 31.9 Å². The summed E-state index contributed by atoms with van der Waals surface area (Å²) in [5.41, 5.74) is 2.77. The molecule has 35 heavy (non-hydrogen) atoms. The minimum absolute atomic E-state index is 0.271. The number of esters is 1. The number of hydrogen-bond acceptors (Lipinski definition) is 4. The Labute approximate surface area is 214 Å². The van der Waals surface area contributed by atoms with Crippen molar-refractivity contribution >= 4 is 45.3 Å². The summed E-state index contributed by atoms with van der Waals surface area (Å²) in [4.78, 5) is 40.1. The van der Waals surface area contributed by atoms with E-state index in [0.29, 0.717) is 34.8 Å². The van der Waals surface area contributed by atoms with Crippen LogP contribution in [0.1, 0.15) is 52.1 Å². The molecule has 1 aliphatic heterocycles. The minimum atomic E-state index is -0.707. The van der Waals surface area contributed by atoms with Crippen molar-refractivity contribution in [1.82, 2.24) is 10.2 Å². The van der Waals surface area contributed by atoms with Gasteiger partial charge in [-0.15, -0.1) is 0 Å². The molecule has 0 fully saturated rings. The summed E-state index contributed by atoms with van der Waals surface area (Å²) in [6.45, 7) is 7.90. The van der Waals surface area contributed by atoms with Gasteiger partial charge in [-0.3, -0.25) is 4.90 Å². The molecular formula is C26H31BrN4O4. The highest BCUT2D eigenvalue weighted by Crippen LogP contribution is 2.33. The van der Waals surface area contributed by atoms with Crippen molar-refractivity contribution in [1.29, 1.82) is 0 Å². The van der Waals surface area contributed by atoms with Crippen molar-refractivity contribution in [2.45, 2.75) is 52.7 Å². The molecule has 1 heterocycles. The summed E-state index contributed by atoms with van der Waals surface area (Å²) in [7, 11) is 0. The molecule has 1 unspecified atom stereocenters. The van der Waals surface area contributed by atoms with Crippen molar-refractivity contribution < 1.29 is 19.1 Å². The standard InChI is InChI=1S/C26H31BrN4O4/c1-5-6-13-31-17(4)22(24(32)35-16(2)3)23(30-26(31)34)18-9-7-11-20(14-18)28-25(33)29-21-12-8-10-19(27)15-21/h7-12,14-16,23H,5-6,13H2,1-4H3,(H,30,34)(H2,28,29,33). The molecule has 0 aliphatic carbocycles. The maximum absolute atomic E-state index is 13.1. The summed E-state index contributed by atoms with van der Waals surface area (Å²) in [5.74, 6) is -0.477. The first-order valence-corrected chi connectivity index (χ1v) is 12.4. The van der Waals surface area contributed by atoms with E-state index < -0.39 is 18.0 Å². The Hall–Kier alpha value is -3.33. The van der Waals surface area contributed by atoms with Gasteiger partial charge in [0, 0.05) is 28.1 Å². The number of nitrogens with zero attached hydrogens (tertiary/aromatic N) is 1. The van der Waals surface area contributed by atoms with E-state index in [9.17, 15) is 14.4 Å². The molecule has 0 saturated carbocycles. The fourth-order valence-corrected chi connectivity index (χ4v) is 4.21. The van der Waals surface area contributed by atoms with Crippen LogP contribution in [-0.2, 0) is 9.53 Å². The maximum atomic E-state index is 13.1. The molecule has 1 atom stereocenters. The predicted molar refractivity (Wildman–Crippen MR) is 140 cm³/mol. The zero-order valence-corrected chi connectivity index (χ0v) is 21.9. The van der Waals surface area contributed by atoms with Gasteiger partial charge in [-0.2, -0.15) is 0 Å². The van der Waals surface area contributed by atoms with Crippen LogP contribution in [0.3, 0.4) is 0 Å². The number of rotatable bonds is 8. The van der Waals surface area contributed by atoms with Crippen molar-refractivity contribution in [3.63, 3.8) is 0 Å². The molecule has 3 rings (SSSR count). The van der Waals surface area contributed by atoms with Gasteiger partial charge in [0.25, 0.3) is 0 Å². The van der Waals surface area contributed by atoms with Crippen LogP contribution in [-0.4, -0.2) is 35.6 Å². The Balaban J connectivity index is 1.88. The quantitative estimate of drug-likeness (QED) is 0.346. The van der Waals surface area contributed by atoms with Crippen LogP contribution in [0.15, 0.2) is 64.3 Å². The molecule has 0 saturated heterocycles. The van der Waals surface area contributed by atoms with Gasteiger partial charge < -0.3 is 20.7 Å². The average Bonchev–Trinajstić information content (AvgIpc) is 2.78. The lowest BCUT2D eigenvalue weighted by atomic mass is 9.94. The molecule has 1 aliphatic rings. The smallest absolute Gasteiger partial charge is 0.338 e. The molecule has 4 amide bonds. The minimum Gasteiger partial charge on any atom is -0.459 e. The van der Waals surface area contributed by atoms with E-state index in [1.807, 2.05) is 19.1 Å². The number of amides is 4. The summed E-state index contributed by atoms with van der Waals surface area (Å²) < 4.78 is 6.36. The second-order valence-electron chi connectivity index (χ2n) is 8.56. The SMILES string of the molecule is CCCCN1C(=O)NC(c2cccc(NC(=O)Nc3cccc(Br)c3)c2)C(C(=O)OC(C)C)=C1C. The van der Waals surface area contributed by atoms with Crippen LogP contribution < -0.4 is 16.0 Å². The molecule has 0 radical (unpaired) electrons. The fourth-order valence-electron chi connectivity index (χ4n) is 3.81. The lowest BCUT2D eigenvalue weighted by Crippen LogP contribution is -2.48. The molecule has 2 aromatic carbocycles. The van der Waals surface area contributed by atoms with Crippen LogP contribution in [0.5, 0.6) is 0 Å². The number of carbonyl (C=O) groups excluding carboxylic acids is 3. The summed E-state index contributed by atoms with van der Waals surface area (Å²) in [6, 6.07) is 12.9. The first kappa shape index (κ1) is 26.3. The van der Waals surface area contributed by atoms with Gasteiger partial charge >= 0.3 is 18.0 Å². The third-order valence-electron chi connectivity index (χ3n) is 5.45. The third-order valence-corrected chi connectivity index (χ3v) is 5.95. The summed E-state index contributed by atoms with van der Waals surface area (Å²) in [6.07, 6.45) is 1.43. The molecule has 186 valence electrons. The Kier molecular flexibility index (Phi) is 8.92. The van der Waals surface area contributed by atoms with E-state index in [0.717, 1.165) is 17.3 Å². The number of carbonyl (C=O) groups is 3. The molecule has 2 aromatic rings. The number of halogens is 1. The highest BCUT2D eigenvalue weighted by molar-refractivity contribution is 9.10. The number of hydrogen-bond donors (Lipinski definition) is 3. The highest BCUT2D eigenvalue weighted by atomic mass is 79.9. The Morgan fingerprint density at radius 1 is 1.11 bits per heavy atom.